The van der Waals surface area contributed by atoms with E-state index in [1.165, 1.54) is 0 Å². The summed E-state index contributed by atoms with van der Waals surface area (Å²) >= 11 is 0. The Balaban J connectivity index is 1.53. The fourth-order valence-corrected chi connectivity index (χ4v) is 2.73. The average molecular weight is 355 g/mol. The van der Waals surface area contributed by atoms with Gasteiger partial charge in [-0.25, -0.2) is 0 Å². The van der Waals surface area contributed by atoms with Gasteiger partial charge in [0.1, 0.15) is 5.75 Å². The van der Waals surface area contributed by atoms with Crippen LogP contribution in [0.15, 0.2) is 36.4 Å². The van der Waals surface area contributed by atoms with E-state index in [0.29, 0.717) is 18.9 Å². The maximum atomic E-state index is 12.1. The van der Waals surface area contributed by atoms with E-state index in [1.54, 1.807) is 18.1 Å². The summed E-state index contributed by atoms with van der Waals surface area (Å²) in [6, 6.07) is 10.9. The Hall–Kier alpha value is -3.16. The van der Waals surface area contributed by atoms with Crippen molar-refractivity contribution in [3.05, 3.63) is 42.0 Å². The standard InChI is InChI=1S/C18H21N5O3/c1-26-15-4-2-14(3-5-15)12-18(25)19-16-6-7-17(21-20-16)23-10-8-22(13-24)9-11-23/h2-7,13H,8-12H2,1H3,(H,19,20,25). The van der Waals surface area contributed by atoms with Crippen molar-refractivity contribution in [1.82, 2.24) is 15.1 Å². The number of benzene rings is 1. The van der Waals surface area contributed by atoms with Gasteiger partial charge >= 0.3 is 0 Å². The molecule has 1 aliphatic heterocycles. The summed E-state index contributed by atoms with van der Waals surface area (Å²) in [6.07, 6.45) is 1.12. The minimum atomic E-state index is -0.156. The Morgan fingerprint density at radius 3 is 2.42 bits per heavy atom. The van der Waals surface area contributed by atoms with Crippen LogP contribution in [0.5, 0.6) is 5.75 Å². The number of piperazine rings is 1. The largest absolute Gasteiger partial charge is 0.497 e. The Labute approximate surface area is 151 Å². The molecule has 3 rings (SSSR count). The van der Waals surface area contributed by atoms with Gasteiger partial charge in [0.15, 0.2) is 11.6 Å². The molecule has 0 unspecified atom stereocenters. The van der Waals surface area contributed by atoms with Gasteiger partial charge in [0.25, 0.3) is 0 Å². The van der Waals surface area contributed by atoms with Gasteiger partial charge in [-0.1, -0.05) is 12.1 Å². The van der Waals surface area contributed by atoms with Crippen LogP contribution in [0.4, 0.5) is 11.6 Å². The first-order valence-corrected chi connectivity index (χ1v) is 8.39. The zero-order valence-electron chi connectivity index (χ0n) is 14.6. The lowest BCUT2D eigenvalue weighted by Gasteiger charge is -2.32. The summed E-state index contributed by atoms with van der Waals surface area (Å²) in [5.74, 6) is 1.75. The van der Waals surface area contributed by atoms with Crippen molar-refractivity contribution in [2.45, 2.75) is 6.42 Å². The highest BCUT2D eigenvalue weighted by atomic mass is 16.5. The highest BCUT2D eigenvalue weighted by Crippen LogP contribution is 2.15. The molecule has 0 radical (unpaired) electrons. The number of carbonyl (C=O) groups excluding carboxylic acids is 2. The zero-order chi connectivity index (χ0) is 18.4. The number of rotatable bonds is 6. The van der Waals surface area contributed by atoms with E-state index >= 15 is 0 Å². The number of aromatic nitrogens is 2. The van der Waals surface area contributed by atoms with Gasteiger partial charge < -0.3 is 19.9 Å². The Morgan fingerprint density at radius 1 is 1.12 bits per heavy atom. The maximum Gasteiger partial charge on any atom is 0.229 e. The molecule has 0 saturated carbocycles. The van der Waals surface area contributed by atoms with E-state index in [-0.39, 0.29) is 12.3 Å². The van der Waals surface area contributed by atoms with Crippen LogP contribution in [-0.2, 0) is 16.0 Å². The molecule has 1 N–H and O–H groups in total. The summed E-state index contributed by atoms with van der Waals surface area (Å²) < 4.78 is 5.10. The molecule has 1 aromatic heterocycles. The fraction of sp³-hybridized carbons (Fsp3) is 0.333. The summed E-state index contributed by atoms with van der Waals surface area (Å²) in [5.41, 5.74) is 0.890. The molecule has 2 aromatic rings. The summed E-state index contributed by atoms with van der Waals surface area (Å²) in [6.45, 7) is 2.78. The number of amides is 2. The van der Waals surface area contributed by atoms with Gasteiger partial charge in [0, 0.05) is 26.2 Å². The summed E-state index contributed by atoms with van der Waals surface area (Å²) in [4.78, 5) is 26.7. The molecular weight excluding hydrogens is 334 g/mol. The lowest BCUT2D eigenvalue weighted by Crippen LogP contribution is -2.46. The quantitative estimate of drug-likeness (QED) is 0.776. The van der Waals surface area contributed by atoms with Crippen LogP contribution in [0.25, 0.3) is 0 Å². The molecule has 26 heavy (non-hydrogen) atoms. The second-order valence-corrected chi connectivity index (χ2v) is 5.98. The zero-order valence-corrected chi connectivity index (χ0v) is 14.6. The van der Waals surface area contributed by atoms with Crippen molar-refractivity contribution in [1.29, 1.82) is 0 Å². The van der Waals surface area contributed by atoms with Crippen LogP contribution in [0, 0.1) is 0 Å². The van der Waals surface area contributed by atoms with Crippen LogP contribution < -0.4 is 15.0 Å². The van der Waals surface area contributed by atoms with Gasteiger partial charge in [-0.3, -0.25) is 9.59 Å². The van der Waals surface area contributed by atoms with Crippen molar-refractivity contribution < 1.29 is 14.3 Å². The molecule has 0 aliphatic carbocycles. The van der Waals surface area contributed by atoms with E-state index in [2.05, 4.69) is 20.4 Å². The number of nitrogens with zero attached hydrogens (tertiary/aromatic N) is 4. The molecule has 0 atom stereocenters. The van der Waals surface area contributed by atoms with Gasteiger partial charge in [-0.2, -0.15) is 0 Å². The highest BCUT2D eigenvalue weighted by molar-refractivity contribution is 5.91. The summed E-state index contributed by atoms with van der Waals surface area (Å²) in [5, 5.41) is 11.0. The minimum Gasteiger partial charge on any atom is -0.497 e. The lowest BCUT2D eigenvalue weighted by atomic mass is 10.1. The third-order valence-corrected chi connectivity index (χ3v) is 4.23. The fourth-order valence-electron chi connectivity index (χ4n) is 2.73. The van der Waals surface area contributed by atoms with Crippen LogP contribution in [-0.4, -0.2) is 60.7 Å². The van der Waals surface area contributed by atoms with Gasteiger partial charge in [0.05, 0.1) is 13.5 Å². The Kier molecular flexibility index (Phi) is 5.62. The Bertz CT molecular complexity index is 740. The molecule has 2 heterocycles. The van der Waals surface area contributed by atoms with Gasteiger partial charge in [-0.15, -0.1) is 10.2 Å². The number of methoxy groups -OCH3 is 1. The van der Waals surface area contributed by atoms with Gasteiger partial charge in [-0.05, 0) is 29.8 Å². The average Bonchev–Trinajstić information content (AvgIpc) is 2.69. The van der Waals surface area contributed by atoms with E-state index in [1.807, 2.05) is 30.3 Å². The van der Waals surface area contributed by atoms with E-state index in [9.17, 15) is 9.59 Å². The van der Waals surface area contributed by atoms with Crippen LogP contribution in [0.1, 0.15) is 5.56 Å². The van der Waals surface area contributed by atoms with Crippen molar-refractivity contribution in [3.8, 4) is 5.75 Å². The molecule has 1 aromatic carbocycles. The van der Waals surface area contributed by atoms with Crippen molar-refractivity contribution in [3.63, 3.8) is 0 Å². The van der Waals surface area contributed by atoms with Crippen molar-refractivity contribution in [2.75, 3.05) is 43.5 Å². The molecule has 136 valence electrons. The number of carbonyl (C=O) groups is 2. The van der Waals surface area contributed by atoms with Crippen molar-refractivity contribution in [2.24, 2.45) is 0 Å². The SMILES string of the molecule is COc1ccc(CC(=O)Nc2ccc(N3CCN(C=O)CC3)nn2)cc1. The number of anilines is 2. The first-order chi connectivity index (χ1) is 12.7. The molecule has 1 aliphatic rings. The highest BCUT2D eigenvalue weighted by Gasteiger charge is 2.17. The molecule has 8 nitrogen and oxygen atoms in total. The summed E-state index contributed by atoms with van der Waals surface area (Å²) in [7, 11) is 1.60. The first kappa shape index (κ1) is 17.7. The lowest BCUT2D eigenvalue weighted by molar-refractivity contribution is -0.118. The molecular formula is C18H21N5O3. The normalized spacial score (nSPS) is 14.0. The molecule has 0 spiro atoms. The predicted octanol–water partition coefficient (Wildman–Crippen LogP) is 0.945. The van der Waals surface area contributed by atoms with Gasteiger partial charge in [0.2, 0.25) is 12.3 Å². The topological polar surface area (TPSA) is 87.7 Å². The van der Waals surface area contributed by atoms with Crippen LogP contribution in [0.2, 0.25) is 0 Å². The second kappa shape index (κ2) is 8.28. The number of hydrogen-bond acceptors (Lipinski definition) is 6. The van der Waals surface area contributed by atoms with Crippen LogP contribution in [0.3, 0.4) is 0 Å². The number of hydrogen-bond donors (Lipinski definition) is 1. The monoisotopic (exact) mass is 355 g/mol. The molecule has 0 bridgehead atoms. The number of ether oxygens (including phenoxy) is 1. The molecule has 1 fully saturated rings. The molecule has 8 heteroatoms. The Morgan fingerprint density at radius 2 is 1.85 bits per heavy atom. The van der Waals surface area contributed by atoms with E-state index in [0.717, 1.165) is 36.6 Å². The van der Waals surface area contributed by atoms with E-state index in [4.69, 9.17) is 4.74 Å². The molecule has 1 saturated heterocycles. The first-order valence-electron chi connectivity index (χ1n) is 8.39. The third kappa shape index (κ3) is 4.47. The predicted molar refractivity (Wildman–Crippen MR) is 97.2 cm³/mol. The van der Waals surface area contributed by atoms with E-state index < -0.39 is 0 Å². The third-order valence-electron chi connectivity index (χ3n) is 4.23. The smallest absolute Gasteiger partial charge is 0.229 e. The molecule has 2 amide bonds. The second-order valence-electron chi connectivity index (χ2n) is 5.98. The maximum absolute atomic E-state index is 12.1. The minimum absolute atomic E-state index is 0.156. The van der Waals surface area contributed by atoms with Crippen molar-refractivity contribution >= 4 is 24.0 Å². The number of nitrogens with one attached hydrogen (secondary N) is 1. The van der Waals surface area contributed by atoms with Crippen LogP contribution >= 0.6 is 0 Å².